The number of hydrogen-bond donors (Lipinski definition) is 2. The molecule has 1 saturated heterocycles. The molecule has 0 bridgehead atoms. The van der Waals surface area contributed by atoms with Gasteiger partial charge in [-0.05, 0) is 38.0 Å². The topological polar surface area (TPSA) is 129 Å². The summed E-state index contributed by atoms with van der Waals surface area (Å²) in [6.45, 7) is 3.75. The molecule has 2 N–H and O–H groups in total. The van der Waals surface area contributed by atoms with Crippen molar-refractivity contribution in [2.45, 2.75) is 36.4 Å². The molecule has 0 aromatic carbocycles. The summed E-state index contributed by atoms with van der Waals surface area (Å²) in [5, 5.41) is 5.73. The highest BCUT2D eigenvalue weighted by atomic mass is 32.2. The number of fused-ring (bicyclic) bond motifs is 1. The highest BCUT2D eigenvalue weighted by Crippen LogP contribution is 2.38. The van der Waals surface area contributed by atoms with Gasteiger partial charge in [0.25, 0.3) is 5.56 Å². The quantitative estimate of drug-likeness (QED) is 0.356. The third kappa shape index (κ3) is 4.87. The fourth-order valence-corrected chi connectivity index (χ4v) is 6.75. The Bertz CT molecular complexity index is 1720. The predicted molar refractivity (Wildman–Crippen MR) is 139 cm³/mol. The van der Waals surface area contributed by atoms with Crippen LogP contribution < -0.4 is 20.1 Å². The van der Waals surface area contributed by atoms with Crippen LogP contribution >= 0.6 is 11.3 Å². The van der Waals surface area contributed by atoms with Gasteiger partial charge in [0.2, 0.25) is 15.0 Å². The van der Waals surface area contributed by atoms with Gasteiger partial charge >= 0.3 is 6.18 Å². The van der Waals surface area contributed by atoms with Crippen LogP contribution in [0, 0.1) is 0 Å². The van der Waals surface area contributed by atoms with Crippen LogP contribution in [0.2, 0.25) is 0 Å². The standard InChI is InChI=1S/C23H23F3N8O3S2/c1-22(4-5-22)31-39(36,37)14-11-16(33-9-7-32(8-10-33)15-3-2-6-27-19(15)35)17-12-28-18(34(17)13-14)20-29-30-21(38-20)23(24,25)26/h2-3,6,11-13,31H,4-5,7-10H2,1H3,(H,27,35). The summed E-state index contributed by atoms with van der Waals surface area (Å²) in [7, 11) is -3.96. The van der Waals surface area contributed by atoms with E-state index in [1.54, 1.807) is 24.4 Å². The molecule has 0 spiro atoms. The molecule has 4 aromatic rings. The first-order valence-corrected chi connectivity index (χ1v) is 14.4. The summed E-state index contributed by atoms with van der Waals surface area (Å²) < 4.78 is 70.5. The molecule has 4 aromatic heterocycles. The zero-order valence-corrected chi connectivity index (χ0v) is 22.2. The number of nitrogens with zero attached hydrogens (tertiary/aromatic N) is 6. The fraction of sp³-hybridized carbons (Fsp3) is 0.391. The summed E-state index contributed by atoms with van der Waals surface area (Å²) >= 11 is 0.338. The molecule has 2 fully saturated rings. The predicted octanol–water partition coefficient (Wildman–Crippen LogP) is 2.72. The van der Waals surface area contributed by atoms with Crippen LogP contribution in [0.25, 0.3) is 16.3 Å². The number of aromatic amines is 1. The van der Waals surface area contributed by atoms with Gasteiger partial charge in [-0.25, -0.2) is 18.1 Å². The minimum atomic E-state index is -4.66. The molecule has 11 nitrogen and oxygen atoms in total. The van der Waals surface area contributed by atoms with E-state index in [2.05, 4.69) is 24.9 Å². The van der Waals surface area contributed by atoms with Crippen LogP contribution in [-0.2, 0) is 16.2 Å². The van der Waals surface area contributed by atoms with Crippen molar-refractivity contribution in [1.29, 1.82) is 0 Å². The Balaban J connectivity index is 1.41. The lowest BCUT2D eigenvalue weighted by molar-refractivity contribution is -0.138. The number of pyridine rings is 2. The first-order chi connectivity index (χ1) is 18.4. The van der Waals surface area contributed by atoms with E-state index in [-0.39, 0.29) is 21.3 Å². The molecular weight excluding hydrogens is 557 g/mol. The van der Waals surface area contributed by atoms with E-state index in [1.807, 2.05) is 16.7 Å². The van der Waals surface area contributed by atoms with Gasteiger partial charge in [-0.15, -0.1) is 10.2 Å². The summed E-state index contributed by atoms with van der Waals surface area (Å²) in [5.41, 5.74) is 0.887. The summed E-state index contributed by atoms with van der Waals surface area (Å²) in [4.78, 5) is 23.1. The molecule has 6 rings (SSSR count). The largest absolute Gasteiger partial charge is 0.445 e. The SMILES string of the molecule is CC1(NS(=O)(=O)c2cc(N3CCN(c4ccc[nH]c4=O)CC3)c3cnc(-c4nnc(C(F)(F)F)s4)n3c2)CC1. The maximum atomic E-state index is 13.4. The van der Waals surface area contributed by atoms with Crippen LogP contribution in [0.5, 0.6) is 0 Å². The van der Waals surface area contributed by atoms with Gasteiger partial charge < -0.3 is 14.8 Å². The Kier molecular flexibility index (Phi) is 5.96. The van der Waals surface area contributed by atoms with E-state index in [0.717, 1.165) is 0 Å². The third-order valence-electron chi connectivity index (χ3n) is 6.90. The molecule has 2 aliphatic rings. The minimum Gasteiger partial charge on any atom is -0.366 e. The maximum Gasteiger partial charge on any atom is 0.445 e. The van der Waals surface area contributed by atoms with Crippen LogP contribution in [0.4, 0.5) is 24.5 Å². The number of hydrogen-bond acceptors (Lipinski definition) is 9. The normalized spacial score (nSPS) is 17.6. The summed E-state index contributed by atoms with van der Waals surface area (Å²) in [5.74, 6) is 0.0587. The van der Waals surface area contributed by atoms with Gasteiger partial charge in [0.15, 0.2) is 10.8 Å². The number of anilines is 2. The number of halogens is 3. The molecule has 5 heterocycles. The van der Waals surface area contributed by atoms with E-state index < -0.39 is 26.7 Å². The zero-order valence-electron chi connectivity index (χ0n) is 20.6. The second-order valence-corrected chi connectivity index (χ2v) is 12.5. The van der Waals surface area contributed by atoms with Crippen molar-refractivity contribution < 1.29 is 21.6 Å². The first-order valence-electron chi connectivity index (χ1n) is 12.1. The number of nitrogens with one attached hydrogen (secondary N) is 2. The van der Waals surface area contributed by atoms with Gasteiger partial charge in [-0.1, -0.05) is 11.3 Å². The molecule has 0 amide bonds. The molecule has 1 aliphatic heterocycles. The second kappa shape index (κ2) is 9.02. The number of alkyl halides is 3. The highest BCUT2D eigenvalue weighted by Gasteiger charge is 2.42. The highest BCUT2D eigenvalue weighted by molar-refractivity contribution is 7.89. The Hall–Kier alpha value is -3.50. The van der Waals surface area contributed by atoms with Crippen molar-refractivity contribution >= 4 is 38.3 Å². The number of H-pyrrole nitrogens is 1. The molecular formula is C23H23F3N8O3S2. The maximum absolute atomic E-state index is 13.4. The monoisotopic (exact) mass is 580 g/mol. The van der Waals surface area contributed by atoms with E-state index in [1.165, 1.54) is 16.8 Å². The van der Waals surface area contributed by atoms with Crippen molar-refractivity contribution in [3.8, 4) is 10.8 Å². The Labute approximate surface area is 224 Å². The van der Waals surface area contributed by atoms with Crippen molar-refractivity contribution in [2.24, 2.45) is 0 Å². The van der Waals surface area contributed by atoms with Gasteiger partial charge in [-0.3, -0.25) is 9.20 Å². The minimum absolute atomic E-state index is 0.0418. The summed E-state index contributed by atoms with van der Waals surface area (Å²) in [6.07, 6.45) is 1.16. The lowest BCUT2D eigenvalue weighted by Crippen LogP contribution is -2.48. The van der Waals surface area contributed by atoms with E-state index in [4.69, 9.17) is 0 Å². The zero-order chi connectivity index (χ0) is 27.6. The van der Waals surface area contributed by atoms with Crippen LogP contribution in [-0.4, -0.2) is 64.7 Å². The average Bonchev–Trinajstić information content (AvgIpc) is 3.26. The van der Waals surface area contributed by atoms with Gasteiger partial charge in [0.05, 0.1) is 17.4 Å². The Morgan fingerprint density at radius 3 is 2.41 bits per heavy atom. The Morgan fingerprint density at radius 1 is 1.10 bits per heavy atom. The van der Waals surface area contributed by atoms with Crippen LogP contribution in [0.15, 0.2) is 46.5 Å². The lowest BCUT2D eigenvalue weighted by Gasteiger charge is -2.37. The fourth-order valence-electron chi connectivity index (χ4n) is 4.56. The van der Waals surface area contributed by atoms with Crippen LogP contribution in [0.3, 0.4) is 0 Å². The van der Waals surface area contributed by atoms with Crippen molar-refractivity contribution in [3.05, 3.63) is 52.2 Å². The van der Waals surface area contributed by atoms with Crippen molar-refractivity contribution in [2.75, 3.05) is 36.0 Å². The number of sulfonamides is 1. The van der Waals surface area contributed by atoms with Gasteiger partial charge in [0, 0.05) is 44.1 Å². The number of imidazole rings is 1. The second-order valence-electron chi connectivity index (χ2n) is 9.83. The molecule has 1 aliphatic carbocycles. The molecule has 0 atom stereocenters. The Morgan fingerprint density at radius 2 is 1.79 bits per heavy atom. The first kappa shape index (κ1) is 25.8. The molecule has 39 heavy (non-hydrogen) atoms. The molecule has 1 saturated carbocycles. The third-order valence-corrected chi connectivity index (χ3v) is 9.47. The number of piperazine rings is 1. The van der Waals surface area contributed by atoms with Crippen molar-refractivity contribution in [3.63, 3.8) is 0 Å². The number of rotatable bonds is 6. The van der Waals surface area contributed by atoms with Crippen molar-refractivity contribution in [1.82, 2.24) is 29.3 Å². The number of aromatic nitrogens is 5. The van der Waals surface area contributed by atoms with Gasteiger partial charge in [-0.2, -0.15) is 13.2 Å². The van der Waals surface area contributed by atoms with E-state index >= 15 is 0 Å². The molecule has 0 unspecified atom stereocenters. The summed E-state index contributed by atoms with van der Waals surface area (Å²) in [6, 6.07) is 5.05. The molecule has 206 valence electrons. The van der Waals surface area contributed by atoms with Crippen LogP contribution in [0.1, 0.15) is 24.8 Å². The smallest absolute Gasteiger partial charge is 0.366 e. The lowest BCUT2D eigenvalue weighted by atomic mass is 10.2. The molecule has 16 heteroatoms. The van der Waals surface area contributed by atoms with E-state index in [0.29, 0.717) is 67.2 Å². The van der Waals surface area contributed by atoms with E-state index in [9.17, 15) is 26.4 Å². The van der Waals surface area contributed by atoms with Gasteiger partial charge in [0.1, 0.15) is 10.6 Å². The molecule has 0 radical (unpaired) electrons. The average molecular weight is 581 g/mol.